The fraction of sp³-hybridized carbons (Fsp3) is 0.167. The van der Waals surface area contributed by atoms with E-state index in [-0.39, 0.29) is 11.1 Å². The van der Waals surface area contributed by atoms with E-state index in [1.165, 1.54) is 0 Å². The zero-order valence-corrected chi connectivity index (χ0v) is 9.20. The first-order chi connectivity index (χ1) is 7.34. The largest absolute Gasteiger partial charge is 0.478 e. The van der Waals surface area contributed by atoms with Gasteiger partial charge in [-0.25, -0.2) is 4.79 Å². The van der Waals surface area contributed by atoms with Crippen molar-refractivity contribution in [1.29, 1.82) is 0 Å². The lowest BCUT2D eigenvalue weighted by Gasteiger charge is -2.09. The first kappa shape index (κ1) is 12.0. The fourth-order valence-electron chi connectivity index (χ4n) is 1.62. The summed E-state index contributed by atoms with van der Waals surface area (Å²) in [7, 11) is 0. The van der Waals surface area contributed by atoms with Crippen LogP contribution in [0.15, 0.2) is 18.7 Å². The molecule has 1 aromatic carbocycles. The minimum Gasteiger partial charge on any atom is -0.478 e. The maximum Gasteiger partial charge on any atom is 0.336 e. The Hall–Kier alpha value is -2.10. The summed E-state index contributed by atoms with van der Waals surface area (Å²) >= 11 is 0. The Kier molecular flexibility index (Phi) is 3.13. The monoisotopic (exact) mass is 219 g/mol. The van der Waals surface area contributed by atoms with Gasteiger partial charge < -0.3 is 10.8 Å². The molecule has 4 nitrogen and oxygen atoms in total. The second-order valence-corrected chi connectivity index (χ2v) is 3.63. The van der Waals surface area contributed by atoms with E-state index in [0.717, 1.165) is 0 Å². The molecule has 0 heterocycles. The highest BCUT2D eigenvalue weighted by Gasteiger charge is 2.14. The number of primary amides is 1. The summed E-state index contributed by atoms with van der Waals surface area (Å²) < 4.78 is 0. The van der Waals surface area contributed by atoms with E-state index in [4.69, 9.17) is 10.8 Å². The van der Waals surface area contributed by atoms with Crippen molar-refractivity contribution in [3.63, 3.8) is 0 Å². The Morgan fingerprint density at radius 2 is 1.69 bits per heavy atom. The Bertz CT molecular complexity index is 466. The third kappa shape index (κ3) is 2.11. The summed E-state index contributed by atoms with van der Waals surface area (Å²) in [5, 5.41) is 8.97. The van der Waals surface area contributed by atoms with Crippen LogP contribution >= 0.6 is 0 Å². The number of aromatic carboxylic acids is 1. The standard InChI is InChI=1S/C12H13NO3/c1-6-4-9(8(3)11(13)14)5-7(2)10(6)12(15)16/h4-5H,3H2,1-2H3,(H2,13,14)(H,15,16). The molecule has 4 heteroatoms. The van der Waals surface area contributed by atoms with Gasteiger partial charge in [0.25, 0.3) is 0 Å². The summed E-state index contributed by atoms with van der Waals surface area (Å²) in [6.07, 6.45) is 0. The van der Waals surface area contributed by atoms with Gasteiger partial charge in [-0.3, -0.25) is 4.79 Å². The number of benzene rings is 1. The van der Waals surface area contributed by atoms with Crippen LogP contribution in [-0.2, 0) is 4.79 Å². The number of amides is 1. The lowest BCUT2D eigenvalue weighted by atomic mass is 9.96. The normalized spacial score (nSPS) is 9.88. The molecule has 1 aromatic rings. The predicted molar refractivity (Wildman–Crippen MR) is 61.1 cm³/mol. The van der Waals surface area contributed by atoms with Crippen molar-refractivity contribution < 1.29 is 14.7 Å². The predicted octanol–water partition coefficient (Wildman–Crippen LogP) is 1.50. The molecule has 0 aliphatic carbocycles. The average Bonchev–Trinajstić information content (AvgIpc) is 2.14. The molecule has 16 heavy (non-hydrogen) atoms. The topological polar surface area (TPSA) is 80.4 Å². The Balaban J connectivity index is 3.36. The third-order valence-corrected chi connectivity index (χ3v) is 2.39. The molecule has 0 saturated carbocycles. The molecular weight excluding hydrogens is 206 g/mol. The summed E-state index contributed by atoms with van der Waals surface area (Å²) in [6.45, 7) is 6.91. The number of rotatable bonds is 3. The van der Waals surface area contributed by atoms with E-state index < -0.39 is 11.9 Å². The van der Waals surface area contributed by atoms with Crippen LogP contribution < -0.4 is 5.73 Å². The van der Waals surface area contributed by atoms with Crippen molar-refractivity contribution in [3.8, 4) is 0 Å². The fourth-order valence-corrected chi connectivity index (χ4v) is 1.62. The van der Waals surface area contributed by atoms with E-state index in [1.54, 1.807) is 26.0 Å². The Morgan fingerprint density at radius 3 is 2.00 bits per heavy atom. The molecule has 0 unspecified atom stereocenters. The summed E-state index contributed by atoms with van der Waals surface area (Å²) in [5.74, 6) is -1.59. The molecule has 0 spiro atoms. The maximum absolute atomic E-state index is 10.9. The number of nitrogens with two attached hydrogens (primary N) is 1. The molecule has 0 fully saturated rings. The van der Waals surface area contributed by atoms with Gasteiger partial charge in [0.15, 0.2) is 0 Å². The molecule has 0 saturated heterocycles. The lowest BCUT2D eigenvalue weighted by molar-refractivity contribution is -0.112. The number of hydrogen-bond acceptors (Lipinski definition) is 2. The van der Waals surface area contributed by atoms with Crippen LogP contribution in [0.5, 0.6) is 0 Å². The van der Waals surface area contributed by atoms with Gasteiger partial charge in [0.05, 0.1) is 5.56 Å². The van der Waals surface area contributed by atoms with E-state index in [0.29, 0.717) is 16.7 Å². The van der Waals surface area contributed by atoms with Gasteiger partial charge in [0.2, 0.25) is 5.91 Å². The first-order valence-electron chi connectivity index (χ1n) is 4.68. The first-order valence-corrected chi connectivity index (χ1v) is 4.68. The number of carboxylic acid groups (broad SMARTS) is 1. The molecule has 1 rings (SSSR count). The summed E-state index contributed by atoms with van der Waals surface area (Å²) in [4.78, 5) is 21.9. The van der Waals surface area contributed by atoms with Crippen molar-refractivity contribution >= 4 is 17.4 Å². The van der Waals surface area contributed by atoms with Crippen molar-refractivity contribution in [3.05, 3.63) is 41.0 Å². The quantitative estimate of drug-likeness (QED) is 0.756. The van der Waals surface area contributed by atoms with E-state index in [2.05, 4.69) is 6.58 Å². The lowest BCUT2D eigenvalue weighted by Crippen LogP contribution is -2.13. The Morgan fingerprint density at radius 1 is 1.25 bits per heavy atom. The maximum atomic E-state index is 10.9. The second-order valence-electron chi connectivity index (χ2n) is 3.63. The smallest absolute Gasteiger partial charge is 0.336 e. The molecule has 84 valence electrons. The average molecular weight is 219 g/mol. The van der Waals surface area contributed by atoms with Crippen molar-refractivity contribution in [2.45, 2.75) is 13.8 Å². The van der Waals surface area contributed by atoms with Crippen molar-refractivity contribution in [2.75, 3.05) is 0 Å². The van der Waals surface area contributed by atoms with Crippen LogP contribution in [0.1, 0.15) is 27.0 Å². The second kappa shape index (κ2) is 4.18. The van der Waals surface area contributed by atoms with Crippen LogP contribution in [0.3, 0.4) is 0 Å². The van der Waals surface area contributed by atoms with Crippen LogP contribution in [0, 0.1) is 13.8 Å². The Labute approximate surface area is 93.4 Å². The van der Waals surface area contributed by atoms with E-state index in [1.807, 2.05) is 0 Å². The molecule has 1 amide bonds. The number of carbonyl (C=O) groups is 2. The zero-order valence-electron chi connectivity index (χ0n) is 9.20. The molecule has 0 aliphatic heterocycles. The molecule has 0 aromatic heterocycles. The van der Waals surface area contributed by atoms with Gasteiger partial charge in [-0.1, -0.05) is 18.7 Å². The van der Waals surface area contributed by atoms with Gasteiger partial charge in [0, 0.05) is 5.57 Å². The van der Waals surface area contributed by atoms with Crippen LogP contribution in [0.25, 0.3) is 5.57 Å². The molecular formula is C12H13NO3. The number of aryl methyl sites for hydroxylation is 2. The van der Waals surface area contributed by atoms with Crippen LogP contribution in [0.4, 0.5) is 0 Å². The third-order valence-electron chi connectivity index (χ3n) is 2.39. The van der Waals surface area contributed by atoms with Crippen LogP contribution in [-0.4, -0.2) is 17.0 Å². The van der Waals surface area contributed by atoms with E-state index in [9.17, 15) is 9.59 Å². The highest BCUT2D eigenvalue weighted by molar-refractivity contribution is 6.18. The van der Waals surface area contributed by atoms with Gasteiger partial charge >= 0.3 is 5.97 Å². The highest BCUT2D eigenvalue weighted by atomic mass is 16.4. The summed E-state index contributed by atoms with van der Waals surface area (Å²) in [6, 6.07) is 3.20. The van der Waals surface area contributed by atoms with Gasteiger partial charge in [-0.15, -0.1) is 0 Å². The summed E-state index contributed by atoms with van der Waals surface area (Å²) in [5.41, 5.74) is 7.28. The molecule has 0 radical (unpaired) electrons. The van der Waals surface area contributed by atoms with Gasteiger partial charge in [0.1, 0.15) is 0 Å². The zero-order chi connectivity index (χ0) is 12.5. The van der Waals surface area contributed by atoms with Gasteiger partial charge in [-0.05, 0) is 30.5 Å². The molecule has 0 bridgehead atoms. The molecule has 0 atom stereocenters. The number of hydrogen-bond donors (Lipinski definition) is 2. The minimum atomic E-state index is -0.980. The molecule has 0 aliphatic rings. The van der Waals surface area contributed by atoms with Crippen molar-refractivity contribution in [1.82, 2.24) is 0 Å². The number of carboxylic acids is 1. The van der Waals surface area contributed by atoms with Crippen LogP contribution in [0.2, 0.25) is 0 Å². The SMILES string of the molecule is C=C(C(N)=O)c1cc(C)c(C(=O)O)c(C)c1. The number of carbonyl (C=O) groups excluding carboxylic acids is 1. The van der Waals surface area contributed by atoms with Crippen molar-refractivity contribution in [2.24, 2.45) is 5.73 Å². The molecule has 3 N–H and O–H groups in total. The minimum absolute atomic E-state index is 0.183. The van der Waals surface area contributed by atoms with Gasteiger partial charge in [-0.2, -0.15) is 0 Å². The highest BCUT2D eigenvalue weighted by Crippen LogP contribution is 2.21. The van der Waals surface area contributed by atoms with E-state index >= 15 is 0 Å².